The summed E-state index contributed by atoms with van der Waals surface area (Å²) in [6, 6.07) is 14.6. The molecular formula is C26H31F5N2O5. The van der Waals surface area contributed by atoms with Crippen LogP contribution in [-0.4, -0.2) is 66.5 Å². The van der Waals surface area contributed by atoms with Crippen LogP contribution in [-0.2, 0) is 16.0 Å². The fourth-order valence-corrected chi connectivity index (χ4v) is 3.46. The molecule has 0 aliphatic rings. The summed E-state index contributed by atoms with van der Waals surface area (Å²) in [7, 11) is 0. The molecule has 0 saturated heterocycles. The average Bonchev–Trinajstić information content (AvgIpc) is 2.86. The Labute approximate surface area is 217 Å². The van der Waals surface area contributed by atoms with E-state index in [2.05, 4.69) is 5.32 Å². The van der Waals surface area contributed by atoms with Gasteiger partial charge < -0.3 is 24.8 Å². The normalized spacial score (nSPS) is 12.6. The number of carboxylic acid groups (broad SMARTS) is 1. The van der Waals surface area contributed by atoms with Crippen LogP contribution < -0.4 is 10.1 Å². The zero-order valence-corrected chi connectivity index (χ0v) is 20.8. The Hall–Kier alpha value is -3.41. The van der Waals surface area contributed by atoms with Crippen LogP contribution in [0, 0.1) is 0 Å². The number of amides is 2. The zero-order valence-electron chi connectivity index (χ0n) is 20.8. The van der Waals surface area contributed by atoms with Crippen molar-refractivity contribution in [2.75, 3.05) is 31.6 Å². The van der Waals surface area contributed by atoms with E-state index in [-0.39, 0.29) is 39.1 Å². The van der Waals surface area contributed by atoms with E-state index in [1.165, 1.54) is 4.90 Å². The molecule has 0 radical (unpaired) electrons. The molecule has 2 amide bonds. The van der Waals surface area contributed by atoms with E-state index < -0.39 is 43.0 Å². The highest BCUT2D eigenvalue weighted by atomic mass is 19.4. The Morgan fingerprint density at radius 1 is 0.974 bits per heavy atom. The fourth-order valence-electron chi connectivity index (χ4n) is 3.46. The molecule has 2 N–H and O–H groups in total. The third-order valence-electron chi connectivity index (χ3n) is 5.51. The lowest BCUT2D eigenvalue weighted by Crippen LogP contribution is -2.39. The number of rotatable bonds is 15. The van der Waals surface area contributed by atoms with Gasteiger partial charge in [0, 0.05) is 31.7 Å². The molecule has 38 heavy (non-hydrogen) atoms. The summed E-state index contributed by atoms with van der Waals surface area (Å²) < 4.78 is 74.4. The van der Waals surface area contributed by atoms with Crippen LogP contribution in [0.5, 0.6) is 5.75 Å². The van der Waals surface area contributed by atoms with E-state index in [9.17, 15) is 36.6 Å². The predicted octanol–water partition coefficient (Wildman–Crippen LogP) is 6.00. The van der Waals surface area contributed by atoms with Gasteiger partial charge in [0.25, 0.3) is 0 Å². The summed E-state index contributed by atoms with van der Waals surface area (Å²) in [4.78, 5) is 25.3. The molecule has 0 heterocycles. The van der Waals surface area contributed by atoms with E-state index in [4.69, 9.17) is 9.47 Å². The van der Waals surface area contributed by atoms with Crippen molar-refractivity contribution in [1.82, 2.24) is 4.90 Å². The molecule has 7 nitrogen and oxygen atoms in total. The van der Waals surface area contributed by atoms with Crippen molar-refractivity contribution in [3.8, 4) is 5.75 Å². The standard InChI is InChI=1S/C26H31F5N2O5/c1-2-37-22(23(34)35)18-19-10-12-21(13-11-19)38-17-16-33(24(36)32-20-8-4-3-5-9-20)15-7-6-14-25(27,28)26(29,30)31/h3-5,8-13,22H,2,6-7,14-18H2,1H3,(H,32,36)(H,34,35). The molecule has 2 aromatic rings. The lowest BCUT2D eigenvalue weighted by Gasteiger charge is -2.24. The van der Waals surface area contributed by atoms with Crippen LogP contribution in [0.3, 0.4) is 0 Å². The summed E-state index contributed by atoms with van der Waals surface area (Å²) in [5.41, 5.74) is 1.21. The molecule has 210 valence electrons. The number of halogens is 5. The van der Waals surface area contributed by atoms with Gasteiger partial charge in [-0.25, -0.2) is 9.59 Å². The zero-order chi connectivity index (χ0) is 28.2. The maximum atomic E-state index is 13.2. The molecule has 0 aliphatic heterocycles. The van der Waals surface area contributed by atoms with Gasteiger partial charge >= 0.3 is 24.1 Å². The van der Waals surface area contributed by atoms with Crippen molar-refractivity contribution < 1.29 is 46.1 Å². The third-order valence-corrected chi connectivity index (χ3v) is 5.51. The Morgan fingerprint density at radius 3 is 2.21 bits per heavy atom. The van der Waals surface area contributed by atoms with Crippen LogP contribution in [0.15, 0.2) is 54.6 Å². The van der Waals surface area contributed by atoms with Crippen LogP contribution in [0.25, 0.3) is 0 Å². The first kappa shape index (κ1) is 30.8. The number of urea groups is 1. The number of carboxylic acids is 1. The molecule has 1 unspecified atom stereocenters. The van der Waals surface area contributed by atoms with E-state index in [0.717, 1.165) is 5.56 Å². The minimum Gasteiger partial charge on any atom is -0.492 e. The van der Waals surface area contributed by atoms with Crippen LogP contribution in [0.2, 0.25) is 0 Å². The molecule has 0 aliphatic carbocycles. The van der Waals surface area contributed by atoms with Gasteiger partial charge in [-0.15, -0.1) is 0 Å². The fraction of sp³-hybridized carbons (Fsp3) is 0.462. The second kappa shape index (κ2) is 14.5. The van der Waals surface area contributed by atoms with Gasteiger partial charge in [-0.05, 0) is 49.6 Å². The molecule has 1 atom stereocenters. The Morgan fingerprint density at radius 2 is 1.63 bits per heavy atom. The molecule has 12 heteroatoms. The lowest BCUT2D eigenvalue weighted by atomic mass is 10.1. The number of para-hydroxylation sites is 1. The number of carbonyl (C=O) groups is 2. The van der Waals surface area contributed by atoms with Gasteiger partial charge in [0.2, 0.25) is 0 Å². The summed E-state index contributed by atoms with van der Waals surface area (Å²) >= 11 is 0. The Balaban J connectivity index is 1.93. The van der Waals surface area contributed by atoms with E-state index in [1.54, 1.807) is 61.5 Å². The molecule has 0 aromatic heterocycles. The van der Waals surface area contributed by atoms with Crippen molar-refractivity contribution >= 4 is 17.7 Å². The number of alkyl halides is 5. The Bertz CT molecular complexity index is 1000. The van der Waals surface area contributed by atoms with Gasteiger partial charge in [-0.3, -0.25) is 0 Å². The number of unbranched alkanes of at least 4 members (excludes halogenated alkanes) is 1. The quantitative estimate of drug-likeness (QED) is 0.211. The predicted molar refractivity (Wildman–Crippen MR) is 131 cm³/mol. The number of hydrogen-bond acceptors (Lipinski definition) is 4. The second-order valence-corrected chi connectivity index (χ2v) is 8.42. The third kappa shape index (κ3) is 10.2. The summed E-state index contributed by atoms with van der Waals surface area (Å²) in [6.45, 7) is 1.98. The highest BCUT2D eigenvalue weighted by Crippen LogP contribution is 2.39. The van der Waals surface area contributed by atoms with Gasteiger partial charge in [0.15, 0.2) is 6.10 Å². The van der Waals surface area contributed by atoms with Crippen molar-refractivity contribution in [1.29, 1.82) is 0 Å². The molecule has 0 fully saturated rings. The average molecular weight is 547 g/mol. The first-order valence-corrected chi connectivity index (χ1v) is 12.0. The number of nitrogens with one attached hydrogen (secondary N) is 1. The van der Waals surface area contributed by atoms with Crippen molar-refractivity contribution in [3.63, 3.8) is 0 Å². The van der Waals surface area contributed by atoms with Gasteiger partial charge in [0.05, 0.1) is 6.54 Å². The van der Waals surface area contributed by atoms with Crippen LogP contribution >= 0.6 is 0 Å². The topological polar surface area (TPSA) is 88.1 Å². The van der Waals surface area contributed by atoms with E-state index >= 15 is 0 Å². The number of aliphatic carboxylic acids is 1. The minimum atomic E-state index is -5.61. The largest absolute Gasteiger partial charge is 0.492 e. The Kier molecular flexibility index (Phi) is 11.8. The molecule has 0 spiro atoms. The highest BCUT2D eigenvalue weighted by molar-refractivity contribution is 5.89. The molecule has 2 rings (SSSR count). The van der Waals surface area contributed by atoms with Crippen molar-refractivity contribution in [3.05, 3.63) is 60.2 Å². The summed E-state index contributed by atoms with van der Waals surface area (Å²) in [6.07, 6.45) is -8.27. The highest BCUT2D eigenvalue weighted by Gasteiger charge is 2.56. The number of ether oxygens (including phenoxy) is 2. The summed E-state index contributed by atoms with van der Waals surface area (Å²) in [5, 5.41) is 11.9. The monoisotopic (exact) mass is 546 g/mol. The summed E-state index contributed by atoms with van der Waals surface area (Å²) in [5.74, 6) is -5.40. The molecule has 2 aromatic carbocycles. The molecule has 0 bridgehead atoms. The lowest BCUT2D eigenvalue weighted by molar-refractivity contribution is -0.284. The number of hydrogen-bond donors (Lipinski definition) is 2. The van der Waals surface area contributed by atoms with Gasteiger partial charge in [-0.1, -0.05) is 30.3 Å². The number of anilines is 1. The smallest absolute Gasteiger partial charge is 0.453 e. The first-order valence-electron chi connectivity index (χ1n) is 12.0. The molecule has 0 saturated carbocycles. The maximum absolute atomic E-state index is 13.2. The number of carbonyl (C=O) groups excluding carboxylic acids is 1. The van der Waals surface area contributed by atoms with Crippen molar-refractivity contribution in [2.24, 2.45) is 0 Å². The number of nitrogens with zero attached hydrogens (tertiary/aromatic N) is 1. The van der Waals surface area contributed by atoms with Gasteiger partial charge in [0.1, 0.15) is 12.4 Å². The first-order chi connectivity index (χ1) is 17.9. The van der Waals surface area contributed by atoms with E-state index in [0.29, 0.717) is 11.4 Å². The van der Waals surface area contributed by atoms with Gasteiger partial charge in [-0.2, -0.15) is 22.0 Å². The maximum Gasteiger partial charge on any atom is 0.453 e. The molecular weight excluding hydrogens is 515 g/mol. The van der Waals surface area contributed by atoms with Crippen LogP contribution in [0.1, 0.15) is 31.7 Å². The van der Waals surface area contributed by atoms with E-state index in [1.807, 2.05) is 0 Å². The SMILES string of the molecule is CCOC(Cc1ccc(OCCN(CCCCC(F)(F)C(F)(F)F)C(=O)Nc2ccccc2)cc1)C(=O)O. The van der Waals surface area contributed by atoms with Crippen LogP contribution in [0.4, 0.5) is 32.4 Å². The van der Waals surface area contributed by atoms with Crippen molar-refractivity contribution in [2.45, 2.75) is 50.8 Å². The minimum absolute atomic E-state index is 0.0248. The number of benzene rings is 2. The second-order valence-electron chi connectivity index (χ2n) is 8.42.